The third-order valence-corrected chi connectivity index (χ3v) is 7.64. The van der Waals surface area contributed by atoms with E-state index in [4.69, 9.17) is 4.74 Å². The molecule has 0 spiro atoms. The number of halogens is 5. The van der Waals surface area contributed by atoms with Gasteiger partial charge in [-0.2, -0.15) is 13.2 Å². The van der Waals surface area contributed by atoms with Crippen LogP contribution in [0.2, 0.25) is 0 Å². The summed E-state index contributed by atoms with van der Waals surface area (Å²) in [5.74, 6) is -3.12. The molecular formula is C30H24F5NO4S. The standard InChI is InChI=1S/C30H24F5NO4S/c1-40-27-17-21(11-12-26(27)32)29(18-19-7-4-3-5-8-19,22-14-23(30(33,34)35)16-24(31)15-22)36-28(37)20-9-6-10-25(13-20)41(2,38)39/h3-17H,18H2,1-2H3,(H,36,37)/t29-/m1/s1. The summed E-state index contributed by atoms with van der Waals surface area (Å²) in [5, 5.41) is 2.74. The molecule has 4 aromatic carbocycles. The molecule has 0 aliphatic rings. The molecule has 0 heterocycles. The third kappa shape index (κ3) is 6.57. The Bertz CT molecular complexity index is 1690. The number of sulfone groups is 1. The molecule has 0 aromatic heterocycles. The average Bonchev–Trinajstić information content (AvgIpc) is 2.92. The Morgan fingerprint density at radius 2 is 1.51 bits per heavy atom. The zero-order valence-electron chi connectivity index (χ0n) is 21.8. The van der Waals surface area contributed by atoms with E-state index in [0.717, 1.165) is 30.5 Å². The maximum absolute atomic E-state index is 14.8. The predicted octanol–water partition coefficient (Wildman–Crippen LogP) is 6.31. The molecule has 0 fully saturated rings. The Hall–Kier alpha value is -4.25. The number of hydrogen-bond donors (Lipinski definition) is 1. The van der Waals surface area contributed by atoms with Crippen molar-refractivity contribution in [3.8, 4) is 5.75 Å². The summed E-state index contributed by atoms with van der Waals surface area (Å²) in [6.07, 6.45) is -4.16. The van der Waals surface area contributed by atoms with Crippen molar-refractivity contribution >= 4 is 15.7 Å². The fraction of sp³-hybridized carbons (Fsp3) is 0.167. The van der Waals surface area contributed by atoms with Crippen LogP contribution in [0.4, 0.5) is 22.0 Å². The van der Waals surface area contributed by atoms with Crippen LogP contribution in [-0.4, -0.2) is 27.7 Å². The highest BCUT2D eigenvalue weighted by atomic mass is 32.2. The lowest BCUT2D eigenvalue weighted by Crippen LogP contribution is -2.49. The second kappa shape index (κ2) is 11.3. The van der Waals surface area contributed by atoms with Gasteiger partial charge in [0, 0.05) is 18.2 Å². The lowest BCUT2D eigenvalue weighted by Gasteiger charge is -2.37. The van der Waals surface area contributed by atoms with E-state index in [9.17, 15) is 35.2 Å². The second-order valence-electron chi connectivity index (χ2n) is 9.40. The van der Waals surface area contributed by atoms with E-state index in [2.05, 4.69) is 5.32 Å². The SMILES string of the molecule is COc1cc([C@@](Cc2ccccc2)(NC(=O)c2cccc(S(C)(=O)=O)c2)c2cc(F)cc(C(F)(F)F)c2)ccc1F. The lowest BCUT2D eigenvalue weighted by molar-refractivity contribution is -0.137. The minimum absolute atomic E-state index is 0.0888. The number of alkyl halides is 3. The first-order valence-corrected chi connectivity index (χ1v) is 14.0. The molecule has 0 aliphatic carbocycles. The van der Waals surface area contributed by atoms with E-state index in [0.29, 0.717) is 11.6 Å². The molecule has 0 saturated heterocycles. The molecule has 0 unspecified atom stereocenters. The second-order valence-corrected chi connectivity index (χ2v) is 11.4. The third-order valence-electron chi connectivity index (χ3n) is 6.53. The number of carbonyl (C=O) groups excluding carboxylic acids is 1. The van der Waals surface area contributed by atoms with E-state index in [-0.39, 0.29) is 33.8 Å². The number of hydrogen-bond acceptors (Lipinski definition) is 4. The van der Waals surface area contributed by atoms with Crippen LogP contribution in [0.3, 0.4) is 0 Å². The molecule has 1 N–H and O–H groups in total. The van der Waals surface area contributed by atoms with Crippen molar-refractivity contribution in [3.63, 3.8) is 0 Å². The van der Waals surface area contributed by atoms with Gasteiger partial charge in [-0.1, -0.05) is 42.5 Å². The molecule has 11 heteroatoms. The largest absolute Gasteiger partial charge is 0.494 e. The number of benzene rings is 4. The minimum atomic E-state index is -4.93. The molecule has 0 saturated carbocycles. The zero-order chi connectivity index (χ0) is 30.0. The Morgan fingerprint density at radius 1 is 0.829 bits per heavy atom. The van der Waals surface area contributed by atoms with Crippen molar-refractivity contribution in [1.82, 2.24) is 5.32 Å². The van der Waals surface area contributed by atoms with Crippen molar-refractivity contribution < 1.29 is 39.9 Å². The maximum Gasteiger partial charge on any atom is 0.416 e. The number of ether oxygens (including phenoxy) is 1. The number of amides is 1. The van der Waals surface area contributed by atoms with Crippen molar-refractivity contribution in [2.45, 2.75) is 23.0 Å². The van der Waals surface area contributed by atoms with Crippen LogP contribution in [0, 0.1) is 11.6 Å². The molecule has 4 rings (SSSR count). The zero-order valence-corrected chi connectivity index (χ0v) is 22.6. The Labute approximate surface area is 233 Å². The normalized spacial score (nSPS) is 13.3. The first-order valence-electron chi connectivity index (χ1n) is 12.1. The lowest BCUT2D eigenvalue weighted by atomic mass is 9.77. The van der Waals surface area contributed by atoms with Crippen molar-refractivity contribution in [1.29, 1.82) is 0 Å². The van der Waals surface area contributed by atoms with Crippen LogP contribution in [0.5, 0.6) is 5.75 Å². The number of nitrogens with one attached hydrogen (secondary N) is 1. The van der Waals surface area contributed by atoms with Gasteiger partial charge in [0.15, 0.2) is 21.4 Å². The minimum Gasteiger partial charge on any atom is -0.494 e. The van der Waals surface area contributed by atoms with Crippen LogP contribution in [0.25, 0.3) is 0 Å². The molecular weight excluding hydrogens is 565 g/mol. The number of carbonyl (C=O) groups is 1. The van der Waals surface area contributed by atoms with Gasteiger partial charge < -0.3 is 10.1 Å². The first-order chi connectivity index (χ1) is 19.2. The van der Waals surface area contributed by atoms with Crippen LogP contribution < -0.4 is 10.1 Å². The number of methoxy groups -OCH3 is 1. The smallest absolute Gasteiger partial charge is 0.416 e. The summed E-state index contributed by atoms with van der Waals surface area (Å²) >= 11 is 0. The molecule has 214 valence electrons. The molecule has 4 aromatic rings. The van der Waals surface area contributed by atoms with Gasteiger partial charge in [-0.15, -0.1) is 0 Å². The molecule has 0 radical (unpaired) electrons. The maximum atomic E-state index is 14.8. The number of rotatable bonds is 8. The van der Waals surface area contributed by atoms with Gasteiger partial charge in [0.25, 0.3) is 5.91 Å². The highest BCUT2D eigenvalue weighted by Crippen LogP contribution is 2.40. The van der Waals surface area contributed by atoms with Crippen LogP contribution >= 0.6 is 0 Å². The summed E-state index contributed by atoms with van der Waals surface area (Å²) in [6.45, 7) is 0. The Morgan fingerprint density at radius 3 is 2.15 bits per heavy atom. The molecule has 1 atom stereocenters. The van der Waals surface area contributed by atoms with Gasteiger partial charge in [-0.3, -0.25) is 4.79 Å². The van der Waals surface area contributed by atoms with E-state index in [1.54, 1.807) is 30.3 Å². The van der Waals surface area contributed by atoms with E-state index < -0.39 is 44.7 Å². The summed E-state index contributed by atoms with van der Waals surface area (Å²) in [7, 11) is -2.51. The quantitative estimate of drug-likeness (QED) is 0.245. The first kappa shape index (κ1) is 29.7. The van der Waals surface area contributed by atoms with Crippen LogP contribution in [-0.2, 0) is 28.0 Å². The highest BCUT2D eigenvalue weighted by Gasteiger charge is 2.40. The monoisotopic (exact) mass is 589 g/mol. The summed E-state index contributed by atoms with van der Waals surface area (Å²) in [6, 6.07) is 18.9. The molecule has 1 amide bonds. The molecule has 0 aliphatic heterocycles. The van der Waals surface area contributed by atoms with Crippen molar-refractivity contribution in [2.24, 2.45) is 0 Å². The Kier molecular flexibility index (Phi) is 8.21. The fourth-order valence-corrected chi connectivity index (χ4v) is 5.19. The summed E-state index contributed by atoms with van der Waals surface area (Å²) in [5.41, 5.74) is -2.98. The Balaban J connectivity index is 2.03. The van der Waals surface area contributed by atoms with Gasteiger partial charge >= 0.3 is 6.18 Å². The van der Waals surface area contributed by atoms with E-state index >= 15 is 0 Å². The molecule has 5 nitrogen and oxygen atoms in total. The molecule has 41 heavy (non-hydrogen) atoms. The predicted molar refractivity (Wildman–Crippen MR) is 142 cm³/mol. The van der Waals surface area contributed by atoms with E-state index in [1.165, 1.54) is 37.4 Å². The van der Waals surface area contributed by atoms with Gasteiger partial charge in [0.2, 0.25) is 0 Å². The van der Waals surface area contributed by atoms with Gasteiger partial charge in [0.1, 0.15) is 5.82 Å². The topological polar surface area (TPSA) is 72.5 Å². The molecule has 0 bridgehead atoms. The van der Waals surface area contributed by atoms with Gasteiger partial charge in [0.05, 0.1) is 23.1 Å². The summed E-state index contributed by atoms with van der Waals surface area (Å²) < 4.78 is 100. The van der Waals surface area contributed by atoms with E-state index in [1.807, 2.05) is 0 Å². The van der Waals surface area contributed by atoms with Crippen molar-refractivity contribution in [3.05, 3.63) is 130 Å². The highest BCUT2D eigenvalue weighted by molar-refractivity contribution is 7.90. The fourth-order valence-electron chi connectivity index (χ4n) is 4.52. The van der Waals surface area contributed by atoms with Crippen molar-refractivity contribution in [2.75, 3.05) is 13.4 Å². The van der Waals surface area contributed by atoms with Crippen LogP contribution in [0.1, 0.15) is 32.6 Å². The van der Waals surface area contributed by atoms with Gasteiger partial charge in [-0.05, 0) is 65.2 Å². The summed E-state index contributed by atoms with van der Waals surface area (Å²) in [4.78, 5) is 13.6. The average molecular weight is 590 g/mol. The van der Waals surface area contributed by atoms with Gasteiger partial charge in [-0.25, -0.2) is 17.2 Å². The van der Waals surface area contributed by atoms with Crippen LogP contribution in [0.15, 0.2) is 95.9 Å².